The van der Waals surface area contributed by atoms with E-state index in [2.05, 4.69) is 11.4 Å². The zero-order chi connectivity index (χ0) is 18.5. The molecule has 0 aromatic heterocycles. The molecular weight excluding hydrogens is 334 g/mol. The molecule has 1 N–H and O–H groups in total. The Labute approximate surface area is 160 Å². The number of rotatable bonds is 7. The molecule has 1 aliphatic carbocycles. The quantitative estimate of drug-likeness (QED) is 0.670. The van der Waals surface area contributed by atoms with E-state index in [1.807, 2.05) is 78.9 Å². The van der Waals surface area contributed by atoms with Crippen molar-refractivity contribution in [3.8, 4) is 5.75 Å². The Morgan fingerprint density at radius 1 is 0.815 bits per heavy atom. The molecule has 0 unspecified atom stereocenters. The monoisotopic (exact) mass is 357 g/mol. The zero-order valence-electron chi connectivity index (χ0n) is 15.2. The molecule has 0 radical (unpaired) electrons. The summed E-state index contributed by atoms with van der Waals surface area (Å²) in [7, 11) is 0. The van der Waals surface area contributed by atoms with E-state index in [0.717, 1.165) is 35.3 Å². The third kappa shape index (κ3) is 3.87. The molecule has 136 valence electrons. The second-order valence-electron chi connectivity index (χ2n) is 7.00. The van der Waals surface area contributed by atoms with Crippen LogP contribution in [0.2, 0.25) is 0 Å². The van der Waals surface area contributed by atoms with Gasteiger partial charge in [-0.3, -0.25) is 4.79 Å². The summed E-state index contributed by atoms with van der Waals surface area (Å²) in [5.41, 5.74) is 2.96. The molecule has 3 nitrogen and oxygen atoms in total. The van der Waals surface area contributed by atoms with Gasteiger partial charge in [0.15, 0.2) is 0 Å². The number of carbonyl (C=O) groups is 1. The van der Waals surface area contributed by atoms with Crippen molar-refractivity contribution >= 4 is 5.91 Å². The predicted octanol–water partition coefficient (Wildman–Crippen LogP) is 4.61. The predicted molar refractivity (Wildman–Crippen MR) is 106 cm³/mol. The lowest BCUT2D eigenvalue weighted by atomic mass is 9.95. The Morgan fingerprint density at radius 2 is 1.41 bits per heavy atom. The van der Waals surface area contributed by atoms with Crippen molar-refractivity contribution in [3.63, 3.8) is 0 Å². The second-order valence-corrected chi connectivity index (χ2v) is 7.00. The first-order chi connectivity index (χ1) is 13.3. The normalized spacial score (nSPS) is 14.4. The lowest BCUT2D eigenvalue weighted by Gasteiger charge is -2.17. The molecule has 0 atom stereocenters. The highest BCUT2D eigenvalue weighted by molar-refractivity contribution is 5.91. The van der Waals surface area contributed by atoms with E-state index in [1.54, 1.807) is 0 Å². The largest absolute Gasteiger partial charge is 0.489 e. The molecular formula is C24H23NO2. The molecule has 0 bridgehead atoms. The third-order valence-electron chi connectivity index (χ3n) is 5.21. The Balaban J connectivity index is 1.41. The van der Waals surface area contributed by atoms with Crippen molar-refractivity contribution in [2.75, 3.05) is 0 Å². The molecule has 1 amide bonds. The van der Waals surface area contributed by atoms with E-state index >= 15 is 0 Å². The Bertz CT molecular complexity index is 902. The van der Waals surface area contributed by atoms with Gasteiger partial charge in [-0.25, -0.2) is 0 Å². The minimum atomic E-state index is -0.337. The smallest absolute Gasteiger partial charge is 0.230 e. The van der Waals surface area contributed by atoms with Crippen LogP contribution in [-0.4, -0.2) is 5.91 Å². The van der Waals surface area contributed by atoms with Gasteiger partial charge in [-0.1, -0.05) is 72.8 Å². The fraction of sp³-hybridized carbons (Fsp3) is 0.208. The van der Waals surface area contributed by atoms with Crippen LogP contribution in [0.15, 0.2) is 84.9 Å². The number of ether oxygens (including phenoxy) is 1. The summed E-state index contributed by atoms with van der Waals surface area (Å²) in [4.78, 5) is 12.8. The molecule has 0 heterocycles. The molecule has 3 aromatic rings. The van der Waals surface area contributed by atoms with E-state index in [-0.39, 0.29) is 11.3 Å². The average Bonchev–Trinajstić information content (AvgIpc) is 3.55. The van der Waals surface area contributed by atoms with E-state index in [4.69, 9.17) is 4.74 Å². The van der Waals surface area contributed by atoms with E-state index < -0.39 is 0 Å². The molecule has 27 heavy (non-hydrogen) atoms. The van der Waals surface area contributed by atoms with Crippen molar-refractivity contribution in [2.45, 2.75) is 31.4 Å². The van der Waals surface area contributed by atoms with Gasteiger partial charge in [0.25, 0.3) is 0 Å². The summed E-state index contributed by atoms with van der Waals surface area (Å²) in [6.07, 6.45) is 1.84. The minimum absolute atomic E-state index is 0.118. The highest BCUT2D eigenvalue weighted by atomic mass is 16.5. The SMILES string of the molecule is O=C(NCc1ccccc1COc1ccccc1)C1(c2ccccc2)CC1. The van der Waals surface area contributed by atoms with E-state index in [1.165, 1.54) is 0 Å². The molecule has 0 aliphatic heterocycles. The number of hydrogen-bond donors (Lipinski definition) is 1. The zero-order valence-corrected chi connectivity index (χ0v) is 15.2. The summed E-state index contributed by atoms with van der Waals surface area (Å²) < 4.78 is 5.88. The van der Waals surface area contributed by atoms with Crippen LogP contribution in [0.25, 0.3) is 0 Å². The van der Waals surface area contributed by atoms with Crippen molar-refractivity contribution in [1.29, 1.82) is 0 Å². The van der Waals surface area contributed by atoms with Crippen LogP contribution < -0.4 is 10.1 Å². The summed E-state index contributed by atoms with van der Waals surface area (Å²) >= 11 is 0. The summed E-state index contributed by atoms with van der Waals surface area (Å²) in [5, 5.41) is 3.14. The lowest BCUT2D eigenvalue weighted by molar-refractivity contribution is -0.123. The maximum absolute atomic E-state index is 12.8. The molecule has 0 saturated heterocycles. The number of amides is 1. The van der Waals surface area contributed by atoms with Gasteiger partial charge in [0.1, 0.15) is 12.4 Å². The van der Waals surface area contributed by atoms with Gasteiger partial charge in [0.2, 0.25) is 5.91 Å². The molecule has 4 rings (SSSR count). The van der Waals surface area contributed by atoms with Crippen molar-refractivity contribution in [1.82, 2.24) is 5.32 Å². The number of hydrogen-bond acceptors (Lipinski definition) is 2. The van der Waals surface area contributed by atoms with Gasteiger partial charge in [-0.05, 0) is 41.7 Å². The van der Waals surface area contributed by atoms with Crippen molar-refractivity contribution in [3.05, 3.63) is 102 Å². The molecule has 3 heteroatoms. The number of nitrogens with one attached hydrogen (secondary N) is 1. The highest BCUT2D eigenvalue weighted by Gasteiger charge is 2.50. The first-order valence-corrected chi connectivity index (χ1v) is 9.36. The van der Waals surface area contributed by atoms with Gasteiger partial charge in [-0.15, -0.1) is 0 Å². The lowest BCUT2D eigenvalue weighted by Crippen LogP contribution is -2.34. The summed E-state index contributed by atoms with van der Waals surface area (Å²) in [5.74, 6) is 0.963. The Morgan fingerprint density at radius 3 is 2.07 bits per heavy atom. The minimum Gasteiger partial charge on any atom is -0.489 e. The van der Waals surface area contributed by atoms with E-state index in [9.17, 15) is 4.79 Å². The number of para-hydroxylation sites is 1. The van der Waals surface area contributed by atoms with Gasteiger partial charge in [0.05, 0.1) is 5.41 Å². The Kier molecular flexibility index (Phi) is 4.93. The summed E-state index contributed by atoms with van der Waals surface area (Å²) in [6.45, 7) is 1.00. The van der Waals surface area contributed by atoms with E-state index in [0.29, 0.717) is 13.2 Å². The molecule has 3 aromatic carbocycles. The van der Waals surface area contributed by atoms with Crippen LogP contribution >= 0.6 is 0 Å². The molecule has 0 spiro atoms. The molecule has 1 fully saturated rings. The van der Waals surface area contributed by atoms with Crippen LogP contribution in [0.5, 0.6) is 5.75 Å². The number of carbonyl (C=O) groups excluding carboxylic acids is 1. The first kappa shape index (κ1) is 17.3. The van der Waals surface area contributed by atoms with Gasteiger partial charge >= 0.3 is 0 Å². The van der Waals surface area contributed by atoms with Crippen molar-refractivity contribution < 1.29 is 9.53 Å². The Hall–Kier alpha value is -3.07. The van der Waals surface area contributed by atoms with Crippen molar-refractivity contribution in [2.24, 2.45) is 0 Å². The van der Waals surface area contributed by atoms with Crippen LogP contribution in [-0.2, 0) is 23.4 Å². The van der Waals surface area contributed by atoms with Gasteiger partial charge in [0, 0.05) is 6.54 Å². The molecule has 1 aliphatic rings. The fourth-order valence-electron chi connectivity index (χ4n) is 3.42. The van der Waals surface area contributed by atoms with Crippen LogP contribution in [0, 0.1) is 0 Å². The van der Waals surface area contributed by atoms with Crippen LogP contribution in [0.1, 0.15) is 29.5 Å². The standard InChI is InChI=1S/C24H23NO2/c26-23(24(15-16-24)21-11-3-1-4-12-21)25-17-19-9-7-8-10-20(19)18-27-22-13-5-2-6-14-22/h1-14H,15-18H2,(H,25,26). The highest BCUT2D eigenvalue weighted by Crippen LogP contribution is 2.48. The van der Waals surface area contributed by atoms with Gasteiger partial charge < -0.3 is 10.1 Å². The maximum Gasteiger partial charge on any atom is 0.230 e. The van der Waals surface area contributed by atoms with Crippen LogP contribution in [0.3, 0.4) is 0 Å². The number of benzene rings is 3. The fourth-order valence-corrected chi connectivity index (χ4v) is 3.42. The van der Waals surface area contributed by atoms with Gasteiger partial charge in [-0.2, -0.15) is 0 Å². The average molecular weight is 357 g/mol. The topological polar surface area (TPSA) is 38.3 Å². The second kappa shape index (κ2) is 7.67. The van der Waals surface area contributed by atoms with Crippen LogP contribution in [0.4, 0.5) is 0 Å². The molecule has 1 saturated carbocycles. The first-order valence-electron chi connectivity index (χ1n) is 9.36. The maximum atomic E-state index is 12.8. The summed E-state index contributed by atoms with van der Waals surface area (Å²) in [6, 6.07) is 28.0. The third-order valence-corrected chi connectivity index (χ3v) is 5.21.